The van der Waals surface area contributed by atoms with E-state index in [4.69, 9.17) is 16.3 Å². The number of aromatic nitrogens is 2. The minimum atomic E-state index is -0.300. The molecule has 2 heterocycles. The number of aromatic amines is 1. The van der Waals surface area contributed by atoms with Crippen LogP contribution in [0.4, 0.5) is 5.82 Å². The van der Waals surface area contributed by atoms with Crippen molar-refractivity contribution in [2.24, 2.45) is 0 Å². The van der Waals surface area contributed by atoms with Crippen molar-refractivity contribution >= 4 is 17.4 Å². The molecule has 1 fully saturated rings. The predicted octanol–water partition coefficient (Wildman–Crippen LogP) is 1.04. The number of halogens is 1. The average molecular weight is 244 g/mol. The molecule has 0 aromatic carbocycles. The number of anilines is 1. The summed E-state index contributed by atoms with van der Waals surface area (Å²) < 4.78 is 5.29. The van der Waals surface area contributed by atoms with Crippen molar-refractivity contribution in [3.63, 3.8) is 0 Å². The molecule has 2 rings (SSSR count). The Hall–Kier alpha value is -1.07. The van der Waals surface area contributed by atoms with Crippen LogP contribution in [-0.4, -0.2) is 36.3 Å². The van der Waals surface area contributed by atoms with E-state index in [1.54, 1.807) is 0 Å². The molecule has 1 N–H and O–H groups in total. The van der Waals surface area contributed by atoms with E-state index in [-0.39, 0.29) is 10.6 Å². The van der Waals surface area contributed by atoms with Crippen LogP contribution < -0.4 is 10.5 Å². The largest absolute Gasteiger partial charge is 0.381 e. The summed E-state index contributed by atoms with van der Waals surface area (Å²) in [5.74, 6) is 0.539. The molecule has 0 unspecified atom stereocenters. The Labute approximate surface area is 98.4 Å². The highest BCUT2D eigenvalue weighted by atomic mass is 35.5. The molecule has 0 bridgehead atoms. The number of ether oxygens (including phenoxy) is 1. The standard InChI is InChI=1S/C10H14ClN3O2/c1-14(7-2-4-16-5-3-7)9-8(11)10(15)13-6-12-9/h6-7H,2-5H2,1H3,(H,12,13,15). The minimum absolute atomic E-state index is 0.150. The fourth-order valence-corrected chi connectivity index (χ4v) is 2.10. The van der Waals surface area contributed by atoms with Crippen molar-refractivity contribution in [3.8, 4) is 0 Å². The van der Waals surface area contributed by atoms with Crippen molar-refractivity contribution in [2.75, 3.05) is 25.2 Å². The summed E-state index contributed by atoms with van der Waals surface area (Å²) in [6, 6.07) is 0.334. The molecule has 1 aromatic heterocycles. The fraction of sp³-hybridized carbons (Fsp3) is 0.600. The Bertz CT molecular complexity index is 415. The summed E-state index contributed by atoms with van der Waals surface area (Å²) in [5, 5.41) is 0.150. The van der Waals surface area contributed by atoms with Crippen LogP contribution >= 0.6 is 11.6 Å². The Morgan fingerprint density at radius 1 is 1.56 bits per heavy atom. The molecule has 1 aliphatic rings. The molecule has 0 saturated carbocycles. The topological polar surface area (TPSA) is 58.2 Å². The van der Waals surface area contributed by atoms with Crippen LogP contribution in [-0.2, 0) is 4.74 Å². The molecule has 1 aliphatic heterocycles. The van der Waals surface area contributed by atoms with E-state index < -0.39 is 0 Å². The van der Waals surface area contributed by atoms with E-state index in [9.17, 15) is 4.79 Å². The number of nitrogens with one attached hydrogen (secondary N) is 1. The zero-order valence-electron chi connectivity index (χ0n) is 9.07. The monoisotopic (exact) mass is 243 g/mol. The molecule has 0 atom stereocenters. The van der Waals surface area contributed by atoms with Crippen LogP contribution in [0.3, 0.4) is 0 Å². The van der Waals surface area contributed by atoms with Gasteiger partial charge in [0.15, 0.2) is 5.82 Å². The smallest absolute Gasteiger partial charge is 0.271 e. The van der Waals surface area contributed by atoms with Gasteiger partial charge in [0.1, 0.15) is 5.02 Å². The van der Waals surface area contributed by atoms with Gasteiger partial charge in [-0.3, -0.25) is 4.79 Å². The van der Waals surface area contributed by atoms with Gasteiger partial charge in [-0.1, -0.05) is 11.6 Å². The molecule has 88 valence electrons. The van der Waals surface area contributed by atoms with E-state index in [1.165, 1.54) is 6.33 Å². The van der Waals surface area contributed by atoms with Gasteiger partial charge < -0.3 is 14.6 Å². The van der Waals surface area contributed by atoms with E-state index in [0.717, 1.165) is 26.1 Å². The SMILES string of the molecule is CN(c1nc[nH]c(=O)c1Cl)C1CCOCC1. The van der Waals surface area contributed by atoms with Crippen LogP contribution in [0.2, 0.25) is 5.02 Å². The quantitative estimate of drug-likeness (QED) is 0.843. The third-order valence-electron chi connectivity index (χ3n) is 2.85. The van der Waals surface area contributed by atoms with E-state index >= 15 is 0 Å². The number of hydrogen-bond donors (Lipinski definition) is 1. The van der Waals surface area contributed by atoms with Crippen molar-refractivity contribution < 1.29 is 4.74 Å². The Balaban J connectivity index is 2.22. The highest BCUT2D eigenvalue weighted by Crippen LogP contribution is 2.23. The van der Waals surface area contributed by atoms with Gasteiger partial charge in [0.25, 0.3) is 5.56 Å². The summed E-state index contributed by atoms with van der Waals surface area (Å²) in [7, 11) is 1.91. The molecule has 6 heteroatoms. The van der Waals surface area contributed by atoms with Crippen LogP contribution in [0, 0.1) is 0 Å². The lowest BCUT2D eigenvalue weighted by molar-refractivity contribution is 0.0853. The molecule has 5 nitrogen and oxygen atoms in total. The third-order valence-corrected chi connectivity index (χ3v) is 3.19. The van der Waals surface area contributed by atoms with Crippen LogP contribution in [0.15, 0.2) is 11.1 Å². The predicted molar refractivity (Wildman–Crippen MR) is 62.1 cm³/mol. The molecule has 16 heavy (non-hydrogen) atoms. The first kappa shape index (κ1) is 11.4. The summed E-state index contributed by atoms with van der Waals surface area (Å²) in [4.78, 5) is 19.9. The Kier molecular flexibility index (Phi) is 3.46. The van der Waals surface area contributed by atoms with E-state index in [2.05, 4.69) is 9.97 Å². The van der Waals surface area contributed by atoms with Gasteiger partial charge in [-0.2, -0.15) is 0 Å². The summed E-state index contributed by atoms with van der Waals surface area (Å²) in [5.41, 5.74) is -0.300. The van der Waals surface area contributed by atoms with Gasteiger partial charge in [-0.25, -0.2) is 4.98 Å². The molecule has 0 amide bonds. The molecule has 0 aliphatic carbocycles. The highest BCUT2D eigenvalue weighted by molar-refractivity contribution is 6.32. The maximum atomic E-state index is 11.3. The first-order valence-electron chi connectivity index (χ1n) is 5.24. The normalized spacial score (nSPS) is 17.4. The van der Waals surface area contributed by atoms with E-state index in [1.807, 2.05) is 11.9 Å². The maximum absolute atomic E-state index is 11.3. The van der Waals surface area contributed by atoms with Gasteiger partial charge in [-0.15, -0.1) is 0 Å². The zero-order valence-corrected chi connectivity index (χ0v) is 9.83. The molecule has 0 radical (unpaired) electrons. The maximum Gasteiger partial charge on any atom is 0.271 e. The number of H-pyrrole nitrogens is 1. The van der Waals surface area contributed by atoms with Crippen molar-refractivity contribution in [2.45, 2.75) is 18.9 Å². The van der Waals surface area contributed by atoms with Gasteiger partial charge in [0, 0.05) is 26.3 Å². The summed E-state index contributed by atoms with van der Waals surface area (Å²) in [6.45, 7) is 1.49. The molecular weight excluding hydrogens is 230 g/mol. The van der Waals surface area contributed by atoms with Gasteiger partial charge in [-0.05, 0) is 12.8 Å². The van der Waals surface area contributed by atoms with Gasteiger partial charge in [0.05, 0.1) is 6.33 Å². The second-order valence-electron chi connectivity index (χ2n) is 3.82. The molecular formula is C10H14ClN3O2. The van der Waals surface area contributed by atoms with E-state index in [0.29, 0.717) is 11.9 Å². The van der Waals surface area contributed by atoms with Crippen molar-refractivity contribution in [1.82, 2.24) is 9.97 Å². The second-order valence-corrected chi connectivity index (χ2v) is 4.20. The van der Waals surface area contributed by atoms with Crippen LogP contribution in [0.25, 0.3) is 0 Å². The van der Waals surface area contributed by atoms with Crippen molar-refractivity contribution in [3.05, 3.63) is 21.7 Å². The van der Waals surface area contributed by atoms with Gasteiger partial charge in [0.2, 0.25) is 0 Å². The number of nitrogens with zero attached hydrogens (tertiary/aromatic N) is 2. The summed E-state index contributed by atoms with van der Waals surface area (Å²) in [6.07, 6.45) is 3.24. The second kappa shape index (κ2) is 4.84. The van der Waals surface area contributed by atoms with Crippen molar-refractivity contribution in [1.29, 1.82) is 0 Å². The van der Waals surface area contributed by atoms with Gasteiger partial charge >= 0.3 is 0 Å². The van der Waals surface area contributed by atoms with Crippen LogP contribution in [0.1, 0.15) is 12.8 Å². The minimum Gasteiger partial charge on any atom is -0.381 e. The molecule has 1 saturated heterocycles. The Morgan fingerprint density at radius 3 is 2.94 bits per heavy atom. The first-order valence-corrected chi connectivity index (χ1v) is 5.61. The van der Waals surface area contributed by atoms with Crippen LogP contribution in [0.5, 0.6) is 0 Å². The number of hydrogen-bond acceptors (Lipinski definition) is 4. The highest BCUT2D eigenvalue weighted by Gasteiger charge is 2.21. The average Bonchev–Trinajstić information content (AvgIpc) is 2.33. The third kappa shape index (κ3) is 2.20. The fourth-order valence-electron chi connectivity index (χ4n) is 1.86. The zero-order chi connectivity index (χ0) is 11.5. The number of rotatable bonds is 2. The lowest BCUT2D eigenvalue weighted by Gasteiger charge is -2.32. The molecule has 1 aromatic rings. The Morgan fingerprint density at radius 2 is 2.25 bits per heavy atom. The summed E-state index contributed by atoms with van der Waals surface area (Å²) >= 11 is 5.93. The lowest BCUT2D eigenvalue weighted by atomic mass is 10.1. The first-order chi connectivity index (χ1) is 7.70. The lowest BCUT2D eigenvalue weighted by Crippen LogP contribution is -2.38. The molecule has 0 spiro atoms.